The van der Waals surface area contributed by atoms with Crippen LogP contribution in [0.3, 0.4) is 0 Å². The van der Waals surface area contributed by atoms with Gasteiger partial charge in [-0.15, -0.1) is 0 Å². The molecule has 0 saturated carbocycles. The second kappa shape index (κ2) is 6.95. The molecular weight excluding hydrogens is 358 g/mol. The van der Waals surface area contributed by atoms with Crippen LogP contribution < -0.4 is 5.19 Å². The van der Waals surface area contributed by atoms with Gasteiger partial charge < -0.3 is 0 Å². The van der Waals surface area contributed by atoms with Gasteiger partial charge in [0.1, 0.15) is 0 Å². The Bertz CT molecular complexity index is 863. The number of hydrogen-bond donors (Lipinski definition) is 0. The predicted molar refractivity (Wildman–Crippen MR) is 111 cm³/mol. The Kier molecular flexibility index (Phi) is 5.16. The topological polar surface area (TPSA) is 37.4 Å². The lowest BCUT2D eigenvalue weighted by Gasteiger charge is -2.34. The number of rotatable bonds is 4. The molecule has 5 heteroatoms. The lowest BCUT2D eigenvalue weighted by molar-refractivity contribution is 0.349. The third-order valence-electron chi connectivity index (χ3n) is 6.05. The molecule has 1 fully saturated rings. The number of aryl methyl sites for hydroxylation is 1. The second-order valence-corrected chi connectivity index (χ2v) is 14.8. The van der Waals surface area contributed by atoms with Crippen LogP contribution in [0.2, 0.25) is 18.6 Å². The first-order valence-electron chi connectivity index (χ1n) is 9.31. The second-order valence-electron chi connectivity index (χ2n) is 8.17. The standard InChI is InChI=1S/C21H29NO2SSi/c1-16-11-13-19(14-12-16)25(23,24)22-17(2)15-21(18(22)3)26(4,5)20-9-7-6-8-10-20/h6-14,17-18,21H,15H2,1-5H3/t17-,18+,21-/m0/s1. The molecule has 0 unspecified atom stereocenters. The van der Waals surface area contributed by atoms with Crippen LogP contribution in [0.5, 0.6) is 0 Å². The van der Waals surface area contributed by atoms with Gasteiger partial charge in [0, 0.05) is 12.1 Å². The van der Waals surface area contributed by atoms with Crippen LogP contribution in [0.25, 0.3) is 0 Å². The monoisotopic (exact) mass is 387 g/mol. The maximum atomic E-state index is 13.3. The first-order valence-corrected chi connectivity index (χ1v) is 13.8. The average molecular weight is 388 g/mol. The molecule has 0 bridgehead atoms. The zero-order valence-corrected chi connectivity index (χ0v) is 18.1. The molecule has 3 rings (SSSR count). The Morgan fingerprint density at radius 1 is 0.962 bits per heavy atom. The van der Waals surface area contributed by atoms with Crippen molar-refractivity contribution < 1.29 is 8.42 Å². The van der Waals surface area contributed by atoms with Crippen molar-refractivity contribution in [2.24, 2.45) is 0 Å². The zero-order chi connectivity index (χ0) is 19.1. The van der Waals surface area contributed by atoms with Crippen molar-refractivity contribution >= 4 is 23.3 Å². The van der Waals surface area contributed by atoms with E-state index in [1.165, 1.54) is 5.19 Å². The van der Waals surface area contributed by atoms with E-state index in [0.717, 1.165) is 12.0 Å². The Hall–Kier alpha value is -1.43. The van der Waals surface area contributed by atoms with E-state index >= 15 is 0 Å². The van der Waals surface area contributed by atoms with Crippen LogP contribution in [0.1, 0.15) is 25.8 Å². The number of benzene rings is 2. The molecule has 2 aromatic carbocycles. The fourth-order valence-corrected chi connectivity index (χ4v) is 10.3. The summed E-state index contributed by atoms with van der Waals surface area (Å²) in [5, 5.41) is 1.40. The van der Waals surface area contributed by atoms with Gasteiger partial charge in [0.25, 0.3) is 0 Å². The van der Waals surface area contributed by atoms with E-state index in [-0.39, 0.29) is 12.1 Å². The molecule has 3 atom stereocenters. The van der Waals surface area contributed by atoms with Crippen molar-refractivity contribution in [3.05, 3.63) is 60.2 Å². The Morgan fingerprint density at radius 3 is 2.12 bits per heavy atom. The molecule has 1 heterocycles. The van der Waals surface area contributed by atoms with E-state index in [1.54, 1.807) is 16.4 Å². The third kappa shape index (κ3) is 3.28. The molecule has 0 N–H and O–H groups in total. The lowest BCUT2D eigenvalue weighted by Crippen LogP contribution is -2.50. The Balaban J connectivity index is 1.95. The van der Waals surface area contributed by atoms with Gasteiger partial charge in [-0.1, -0.05) is 66.3 Å². The molecule has 0 radical (unpaired) electrons. The number of hydrogen-bond acceptors (Lipinski definition) is 2. The van der Waals surface area contributed by atoms with Gasteiger partial charge in [-0.2, -0.15) is 4.31 Å². The summed E-state index contributed by atoms with van der Waals surface area (Å²) in [4.78, 5) is 0.404. The van der Waals surface area contributed by atoms with Gasteiger partial charge in [0.15, 0.2) is 0 Å². The smallest absolute Gasteiger partial charge is 0.207 e. The van der Waals surface area contributed by atoms with Gasteiger partial charge in [-0.05, 0) is 44.9 Å². The highest BCUT2D eigenvalue weighted by atomic mass is 32.2. The number of nitrogens with zero attached hydrogens (tertiary/aromatic N) is 1. The quantitative estimate of drug-likeness (QED) is 0.739. The summed E-state index contributed by atoms with van der Waals surface area (Å²) < 4.78 is 28.4. The largest absolute Gasteiger partial charge is 0.243 e. The summed E-state index contributed by atoms with van der Waals surface area (Å²) in [6.45, 7) is 10.9. The molecular formula is C21H29NO2SSi. The van der Waals surface area contributed by atoms with Gasteiger partial charge >= 0.3 is 0 Å². The Morgan fingerprint density at radius 2 is 1.54 bits per heavy atom. The molecule has 140 valence electrons. The van der Waals surface area contributed by atoms with Crippen molar-refractivity contribution in [3.8, 4) is 0 Å². The van der Waals surface area contributed by atoms with E-state index in [4.69, 9.17) is 0 Å². The summed E-state index contributed by atoms with van der Waals surface area (Å²) in [5.41, 5.74) is 1.47. The highest BCUT2D eigenvalue weighted by Gasteiger charge is 2.50. The molecule has 1 aliphatic heterocycles. The van der Waals surface area contributed by atoms with Crippen molar-refractivity contribution in [2.45, 2.75) is 62.8 Å². The van der Waals surface area contributed by atoms with E-state index in [0.29, 0.717) is 10.4 Å². The van der Waals surface area contributed by atoms with Crippen molar-refractivity contribution in [3.63, 3.8) is 0 Å². The van der Waals surface area contributed by atoms with E-state index in [9.17, 15) is 8.42 Å². The minimum atomic E-state index is -3.47. The van der Waals surface area contributed by atoms with E-state index in [2.05, 4.69) is 51.2 Å². The van der Waals surface area contributed by atoms with Crippen LogP contribution in [-0.4, -0.2) is 32.9 Å². The van der Waals surface area contributed by atoms with Gasteiger partial charge in [0.05, 0.1) is 13.0 Å². The third-order valence-corrected chi connectivity index (χ3v) is 12.6. The van der Waals surface area contributed by atoms with Crippen LogP contribution in [0.4, 0.5) is 0 Å². The maximum absolute atomic E-state index is 13.3. The van der Waals surface area contributed by atoms with Crippen molar-refractivity contribution in [1.29, 1.82) is 0 Å². The molecule has 0 aliphatic carbocycles. The highest BCUT2D eigenvalue weighted by molar-refractivity contribution is 7.89. The predicted octanol–water partition coefficient (Wildman–Crippen LogP) is 4.15. The first-order chi connectivity index (χ1) is 12.2. The van der Waals surface area contributed by atoms with Crippen LogP contribution in [0.15, 0.2) is 59.5 Å². The lowest BCUT2D eigenvalue weighted by atomic mass is 10.2. The molecule has 2 aromatic rings. The van der Waals surface area contributed by atoms with E-state index in [1.807, 2.05) is 25.1 Å². The molecule has 1 saturated heterocycles. The van der Waals surface area contributed by atoms with Gasteiger partial charge in [0.2, 0.25) is 10.0 Å². The Labute approximate surface area is 159 Å². The summed E-state index contributed by atoms with van der Waals surface area (Å²) >= 11 is 0. The normalized spacial score (nSPS) is 24.7. The van der Waals surface area contributed by atoms with Crippen molar-refractivity contribution in [1.82, 2.24) is 4.31 Å². The molecule has 26 heavy (non-hydrogen) atoms. The zero-order valence-electron chi connectivity index (χ0n) is 16.3. The summed E-state index contributed by atoms with van der Waals surface area (Å²) in [6, 6.07) is 17.9. The van der Waals surface area contributed by atoms with Crippen LogP contribution in [-0.2, 0) is 10.0 Å². The van der Waals surface area contributed by atoms with Gasteiger partial charge in [-0.25, -0.2) is 8.42 Å². The number of sulfonamides is 1. The molecule has 1 aliphatic rings. The summed E-state index contributed by atoms with van der Waals surface area (Å²) in [6.07, 6.45) is 0.931. The molecule has 0 aromatic heterocycles. The molecule has 3 nitrogen and oxygen atoms in total. The van der Waals surface area contributed by atoms with E-state index < -0.39 is 18.1 Å². The molecule has 0 amide bonds. The first kappa shape index (κ1) is 19.3. The minimum Gasteiger partial charge on any atom is -0.207 e. The summed E-state index contributed by atoms with van der Waals surface area (Å²) in [5.74, 6) is 0. The fraction of sp³-hybridized carbons (Fsp3) is 0.429. The fourth-order valence-electron chi connectivity index (χ4n) is 4.51. The SMILES string of the molecule is Cc1ccc(S(=O)(=O)N2[C@H](C)[C@@H]([Si](C)(C)c3ccccc3)C[C@@H]2C)cc1. The maximum Gasteiger partial charge on any atom is 0.243 e. The van der Waals surface area contributed by atoms with Crippen LogP contribution >= 0.6 is 0 Å². The van der Waals surface area contributed by atoms with Gasteiger partial charge in [-0.3, -0.25) is 0 Å². The van der Waals surface area contributed by atoms with Crippen molar-refractivity contribution in [2.75, 3.05) is 0 Å². The minimum absolute atomic E-state index is 0.0122. The summed E-state index contributed by atoms with van der Waals surface area (Å²) in [7, 11) is -5.26. The highest BCUT2D eigenvalue weighted by Crippen LogP contribution is 2.43. The average Bonchev–Trinajstić information content (AvgIpc) is 2.92. The van der Waals surface area contributed by atoms with Crippen LogP contribution in [0, 0.1) is 6.92 Å². The molecule has 0 spiro atoms.